The van der Waals surface area contributed by atoms with Crippen molar-refractivity contribution in [2.75, 3.05) is 18.5 Å². The molecule has 0 unspecified atom stereocenters. The van der Waals surface area contributed by atoms with Crippen LogP contribution < -0.4 is 5.32 Å². The zero-order valence-electron chi connectivity index (χ0n) is 13.3. The molecule has 1 heterocycles. The minimum atomic E-state index is 0.657. The molecule has 1 N–H and O–H groups in total. The van der Waals surface area contributed by atoms with Gasteiger partial charge in [0.25, 0.3) is 0 Å². The van der Waals surface area contributed by atoms with Crippen LogP contribution in [0.5, 0.6) is 0 Å². The number of anilines is 1. The van der Waals surface area contributed by atoms with Gasteiger partial charge in [-0.15, -0.1) is 0 Å². The van der Waals surface area contributed by atoms with Gasteiger partial charge in [-0.05, 0) is 28.5 Å². The maximum absolute atomic E-state index is 5.55. The van der Waals surface area contributed by atoms with Crippen molar-refractivity contribution < 1.29 is 4.74 Å². The zero-order chi connectivity index (χ0) is 16.2. The maximum Gasteiger partial charge on any atom is 0.210 e. The van der Waals surface area contributed by atoms with Crippen LogP contribution in [0.15, 0.2) is 83.9 Å². The molecule has 118 valence electrons. The smallest absolute Gasteiger partial charge is 0.210 e. The van der Waals surface area contributed by atoms with E-state index in [4.69, 9.17) is 4.74 Å². The van der Waals surface area contributed by atoms with E-state index in [0.717, 1.165) is 23.5 Å². The Morgan fingerprint density at radius 1 is 0.917 bits per heavy atom. The number of benzene rings is 3. The number of hydrogen-bond donors (Lipinski definition) is 1. The third-order valence-electron chi connectivity index (χ3n) is 3.99. The molecule has 0 amide bonds. The summed E-state index contributed by atoms with van der Waals surface area (Å²) < 4.78 is 5.55. The third kappa shape index (κ3) is 3.15. The van der Waals surface area contributed by atoms with Crippen LogP contribution >= 0.6 is 0 Å². The highest BCUT2D eigenvalue weighted by Gasteiger charge is 2.09. The molecule has 0 aliphatic carbocycles. The molecule has 1 aliphatic heterocycles. The second-order valence-electron chi connectivity index (χ2n) is 5.68. The molecule has 4 rings (SSSR count). The van der Waals surface area contributed by atoms with E-state index in [1.54, 1.807) is 0 Å². The Morgan fingerprint density at radius 3 is 2.50 bits per heavy atom. The maximum atomic E-state index is 5.55. The van der Waals surface area contributed by atoms with E-state index in [9.17, 15) is 0 Å². The molecule has 3 nitrogen and oxygen atoms in total. The van der Waals surface area contributed by atoms with Crippen LogP contribution in [-0.2, 0) is 4.74 Å². The fourth-order valence-electron chi connectivity index (χ4n) is 2.79. The van der Waals surface area contributed by atoms with Gasteiger partial charge in [0.05, 0.1) is 12.2 Å². The number of ether oxygens (including phenoxy) is 1. The minimum absolute atomic E-state index is 0.657. The first-order chi connectivity index (χ1) is 11.9. The van der Waals surface area contributed by atoms with Crippen LogP contribution in [0.1, 0.15) is 5.56 Å². The summed E-state index contributed by atoms with van der Waals surface area (Å²) in [6.07, 6.45) is 1.97. The van der Waals surface area contributed by atoms with E-state index in [0.29, 0.717) is 12.5 Å². The SMILES string of the molecule is C(=C(Nc1ccc2ccccc2c1)c1ccccc1)C1=NCCO1. The number of aliphatic imine (C=N–C) groups is 1. The Morgan fingerprint density at radius 2 is 1.71 bits per heavy atom. The topological polar surface area (TPSA) is 33.6 Å². The van der Waals surface area contributed by atoms with E-state index in [-0.39, 0.29) is 0 Å². The molecule has 3 aromatic rings. The minimum Gasteiger partial charge on any atom is -0.476 e. The summed E-state index contributed by atoms with van der Waals surface area (Å²) in [4.78, 5) is 4.37. The third-order valence-corrected chi connectivity index (χ3v) is 3.99. The molecule has 0 atom stereocenters. The summed E-state index contributed by atoms with van der Waals surface area (Å²) in [6, 6.07) is 25.0. The summed E-state index contributed by atoms with van der Waals surface area (Å²) in [5.41, 5.74) is 3.12. The molecule has 0 aromatic heterocycles. The first kappa shape index (κ1) is 14.5. The number of rotatable bonds is 4. The molecule has 0 radical (unpaired) electrons. The van der Waals surface area contributed by atoms with Crippen LogP contribution in [-0.4, -0.2) is 19.0 Å². The van der Waals surface area contributed by atoms with Crippen LogP contribution in [0, 0.1) is 0 Å². The van der Waals surface area contributed by atoms with Crippen molar-refractivity contribution in [3.63, 3.8) is 0 Å². The highest BCUT2D eigenvalue weighted by molar-refractivity contribution is 5.99. The number of hydrogen-bond acceptors (Lipinski definition) is 3. The van der Waals surface area contributed by atoms with Gasteiger partial charge < -0.3 is 10.1 Å². The Balaban J connectivity index is 1.70. The fourth-order valence-corrected chi connectivity index (χ4v) is 2.79. The lowest BCUT2D eigenvalue weighted by molar-refractivity contribution is 0.350. The molecular weight excluding hydrogens is 296 g/mol. The quantitative estimate of drug-likeness (QED) is 0.756. The van der Waals surface area contributed by atoms with E-state index in [2.05, 4.69) is 64.9 Å². The van der Waals surface area contributed by atoms with Crippen molar-refractivity contribution in [2.24, 2.45) is 4.99 Å². The second-order valence-corrected chi connectivity index (χ2v) is 5.68. The van der Waals surface area contributed by atoms with Gasteiger partial charge in [0.2, 0.25) is 5.90 Å². The highest BCUT2D eigenvalue weighted by atomic mass is 16.5. The molecular formula is C21H18N2O. The average Bonchev–Trinajstić information content (AvgIpc) is 3.15. The van der Waals surface area contributed by atoms with Crippen molar-refractivity contribution >= 4 is 28.1 Å². The van der Waals surface area contributed by atoms with Gasteiger partial charge in [-0.1, -0.05) is 60.7 Å². The Hall–Kier alpha value is -3.07. The van der Waals surface area contributed by atoms with E-state index in [1.807, 2.05) is 24.3 Å². The monoisotopic (exact) mass is 314 g/mol. The molecule has 3 heteroatoms. The van der Waals surface area contributed by atoms with Gasteiger partial charge in [-0.3, -0.25) is 0 Å². The van der Waals surface area contributed by atoms with Crippen LogP contribution in [0.25, 0.3) is 16.5 Å². The lowest BCUT2D eigenvalue weighted by Gasteiger charge is -2.12. The zero-order valence-corrected chi connectivity index (χ0v) is 13.3. The molecule has 1 aliphatic rings. The summed E-state index contributed by atoms with van der Waals surface area (Å²) in [5, 5.41) is 5.96. The van der Waals surface area contributed by atoms with Crippen molar-refractivity contribution in [1.29, 1.82) is 0 Å². The molecule has 0 spiro atoms. The molecule has 0 saturated heterocycles. The normalized spacial score (nSPS) is 14.3. The van der Waals surface area contributed by atoms with Crippen LogP contribution in [0.4, 0.5) is 5.69 Å². The molecule has 0 saturated carbocycles. The fraction of sp³-hybridized carbons (Fsp3) is 0.0952. The standard InChI is InChI=1S/C21H18N2O/c1-2-7-17(8-3-1)20(15-21-22-12-13-24-21)23-19-11-10-16-6-4-5-9-18(16)14-19/h1-11,14-15,23H,12-13H2. The summed E-state index contributed by atoms with van der Waals surface area (Å²) in [5.74, 6) is 0.683. The summed E-state index contributed by atoms with van der Waals surface area (Å²) >= 11 is 0. The Bertz CT molecular complexity index is 913. The summed E-state index contributed by atoms with van der Waals surface area (Å²) in [7, 11) is 0. The number of fused-ring (bicyclic) bond motifs is 1. The van der Waals surface area contributed by atoms with Gasteiger partial charge >= 0.3 is 0 Å². The molecule has 3 aromatic carbocycles. The lowest BCUT2D eigenvalue weighted by atomic mass is 10.1. The average molecular weight is 314 g/mol. The van der Waals surface area contributed by atoms with Crippen molar-refractivity contribution in [3.8, 4) is 0 Å². The van der Waals surface area contributed by atoms with Crippen molar-refractivity contribution in [2.45, 2.75) is 0 Å². The first-order valence-corrected chi connectivity index (χ1v) is 8.09. The predicted molar refractivity (Wildman–Crippen MR) is 100 cm³/mol. The Kier molecular flexibility index (Phi) is 3.98. The van der Waals surface area contributed by atoms with Gasteiger partial charge in [-0.2, -0.15) is 0 Å². The van der Waals surface area contributed by atoms with Gasteiger partial charge in [0.1, 0.15) is 6.61 Å². The van der Waals surface area contributed by atoms with E-state index < -0.39 is 0 Å². The van der Waals surface area contributed by atoms with Gasteiger partial charge in [0, 0.05) is 11.8 Å². The predicted octanol–water partition coefficient (Wildman–Crippen LogP) is 4.72. The van der Waals surface area contributed by atoms with Crippen LogP contribution in [0.3, 0.4) is 0 Å². The number of nitrogens with zero attached hydrogens (tertiary/aromatic N) is 1. The van der Waals surface area contributed by atoms with Crippen LogP contribution in [0.2, 0.25) is 0 Å². The summed E-state index contributed by atoms with van der Waals surface area (Å²) in [6.45, 7) is 1.38. The molecule has 0 bridgehead atoms. The van der Waals surface area contributed by atoms with Gasteiger partial charge in [0.15, 0.2) is 0 Å². The molecule has 0 fully saturated rings. The highest BCUT2D eigenvalue weighted by Crippen LogP contribution is 2.23. The van der Waals surface area contributed by atoms with Gasteiger partial charge in [-0.25, -0.2) is 4.99 Å². The first-order valence-electron chi connectivity index (χ1n) is 8.09. The van der Waals surface area contributed by atoms with E-state index >= 15 is 0 Å². The largest absolute Gasteiger partial charge is 0.476 e. The second kappa shape index (κ2) is 6.59. The lowest BCUT2D eigenvalue weighted by Crippen LogP contribution is -2.03. The molecule has 24 heavy (non-hydrogen) atoms. The van der Waals surface area contributed by atoms with E-state index in [1.165, 1.54) is 10.8 Å². The van der Waals surface area contributed by atoms with Crippen molar-refractivity contribution in [3.05, 3.63) is 84.4 Å². The Labute approximate surface area is 141 Å². The van der Waals surface area contributed by atoms with Crippen molar-refractivity contribution in [1.82, 2.24) is 0 Å². The number of nitrogens with one attached hydrogen (secondary N) is 1.